The lowest BCUT2D eigenvalue weighted by Gasteiger charge is -2.19. The average molecular weight is 341 g/mol. The van der Waals surface area contributed by atoms with E-state index in [1.54, 1.807) is 20.8 Å². The van der Waals surface area contributed by atoms with E-state index in [1.165, 1.54) is 0 Å². The van der Waals surface area contributed by atoms with Crippen LogP contribution in [0.15, 0.2) is 18.2 Å². The van der Waals surface area contributed by atoms with Crippen LogP contribution in [-0.4, -0.2) is 24.5 Å². The van der Waals surface area contributed by atoms with E-state index >= 15 is 0 Å². The fraction of sp³-hybridized carbons (Fsp3) is 0.412. The molecule has 0 aliphatic carbocycles. The van der Waals surface area contributed by atoms with Gasteiger partial charge in [0.05, 0.1) is 5.56 Å². The number of nitrogens with one attached hydrogen (secondary N) is 1. The topological polar surface area (TPSA) is 55.4 Å². The van der Waals surface area contributed by atoms with Crippen molar-refractivity contribution in [2.75, 3.05) is 6.54 Å². The minimum Gasteiger partial charge on any atom is -0.444 e. The molecular weight excluding hydrogens is 323 g/mol. The summed E-state index contributed by atoms with van der Waals surface area (Å²) in [5.74, 6) is 5.15. The highest BCUT2D eigenvalue weighted by Gasteiger charge is 2.30. The summed E-state index contributed by atoms with van der Waals surface area (Å²) in [6, 6.07) is 2.75. The molecule has 1 aromatic rings. The number of halogens is 3. The lowest BCUT2D eigenvalue weighted by Crippen LogP contribution is -2.32. The third kappa shape index (κ3) is 6.73. The molecule has 0 saturated heterocycles. The maximum Gasteiger partial charge on any atom is 0.416 e. The Hall–Kier alpha value is -2.49. The summed E-state index contributed by atoms with van der Waals surface area (Å²) in [6.45, 7) is 5.35. The number of alkyl halides is 3. The van der Waals surface area contributed by atoms with Crippen molar-refractivity contribution in [1.29, 1.82) is 0 Å². The number of ether oxygens (including phenoxy) is 1. The quantitative estimate of drug-likeness (QED) is 0.517. The molecule has 1 N–H and O–H groups in total. The number of alkyl carbamates (subject to hydrolysis) is 1. The van der Waals surface area contributed by atoms with Gasteiger partial charge in [0.25, 0.3) is 0 Å². The van der Waals surface area contributed by atoms with Crippen molar-refractivity contribution in [3.8, 4) is 11.8 Å². The third-order valence-corrected chi connectivity index (χ3v) is 2.65. The molecule has 0 aliphatic rings. The van der Waals surface area contributed by atoms with Gasteiger partial charge in [-0.3, -0.25) is 4.79 Å². The number of rotatable bonds is 3. The van der Waals surface area contributed by atoms with Crippen LogP contribution in [0, 0.1) is 11.8 Å². The SMILES string of the molecule is CC(C)(C)OC(=O)NCCC#Cc1cc(C(F)(F)F)ccc1C=O. The summed E-state index contributed by atoms with van der Waals surface area (Å²) in [4.78, 5) is 22.3. The Bertz CT molecular complexity index is 664. The minimum absolute atomic E-state index is 0.00269. The van der Waals surface area contributed by atoms with Crippen LogP contribution in [-0.2, 0) is 10.9 Å². The van der Waals surface area contributed by atoms with E-state index in [9.17, 15) is 22.8 Å². The van der Waals surface area contributed by atoms with Crippen molar-refractivity contribution in [3.63, 3.8) is 0 Å². The van der Waals surface area contributed by atoms with Gasteiger partial charge in [0.15, 0.2) is 6.29 Å². The first-order valence-electron chi connectivity index (χ1n) is 7.15. The van der Waals surface area contributed by atoms with Crippen molar-refractivity contribution in [1.82, 2.24) is 5.32 Å². The second-order valence-electron chi connectivity index (χ2n) is 5.90. The van der Waals surface area contributed by atoms with Crippen LogP contribution in [0.2, 0.25) is 0 Å². The molecule has 0 radical (unpaired) electrons. The number of hydrogen-bond acceptors (Lipinski definition) is 3. The lowest BCUT2D eigenvalue weighted by atomic mass is 10.0. The molecule has 0 heterocycles. The Morgan fingerprint density at radius 2 is 1.96 bits per heavy atom. The van der Waals surface area contributed by atoms with Gasteiger partial charge >= 0.3 is 12.3 Å². The molecule has 4 nitrogen and oxygen atoms in total. The fourth-order valence-electron chi connectivity index (χ4n) is 1.64. The smallest absolute Gasteiger partial charge is 0.416 e. The second-order valence-corrected chi connectivity index (χ2v) is 5.90. The molecule has 0 unspecified atom stereocenters. The molecule has 7 heteroatoms. The molecule has 0 spiro atoms. The Labute approximate surface area is 138 Å². The molecule has 1 aromatic carbocycles. The molecule has 1 amide bonds. The van der Waals surface area contributed by atoms with Gasteiger partial charge in [0.1, 0.15) is 5.60 Å². The zero-order chi connectivity index (χ0) is 18.4. The minimum atomic E-state index is -4.50. The van der Waals surface area contributed by atoms with Gasteiger partial charge in [-0.05, 0) is 39.0 Å². The fourth-order valence-corrected chi connectivity index (χ4v) is 1.64. The number of carbonyl (C=O) groups is 2. The second kappa shape index (κ2) is 7.86. The van der Waals surface area contributed by atoms with Gasteiger partial charge in [-0.1, -0.05) is 11.8 Å². The highest BCUT2D eigenvalue weighted by atomic mass is 19.4. The van der Waals surface area contributed by atoms with E-state index in [0.717, 1.165) is 18.2 Å². The van der Waals surface area contributed by atoms with Crippen molar-refractivity contribution in [3.05, 3.63) is 34.9 Å². The molecule has 0 saturated carbocycles. The highest BCUT2D eigenvalue weighted by Crippen LogP contribution is 2.30. The van der Waals surface area contributed by atoms with Crippen LogP contribution in [0.3, 0.4) is 0 Å². The molecule has 0 aromatic heterocycles. The Morgan fingerprint density at radius 1 is 1.29 bits per heavy atom. The van der Waals surface area contributed by atoms with Crippen LogP contribution in [0.25, 0.3) is 0 Å². The predicted octanol–water partition coefficient (Wildman–Crippen LogP) is 3.78. The average Bonchev–Trinajstić information content (AvgIpc) is 2.43. The van der Waals surface area contributed by atoms with E-state index in [-0.39, 0.29) is 24.1 Å². The van der Waals surface area contributed by atoms with Crippen LogP contribution in [0.4, 0.5) is 18.0 Å². The van der Waals surface area contributed by atoms with Gasteiger partial charge in [-0.15, -0.1) is 0 Å². The number of aldehydes is 1. The molecule has 0 atom stereocenters. The van der Waals surface area contributed by atoms with Gasteiger partial charge in [-0.25, -0.2) is 4.79 Å². The van der Waals surface area contributed by atoms with E-state index < -0.39 is 23.4 Å². The first kappa shape index (κ1) is 19.6. The first-order valence-corrected chi connectivity index (χ1v) is 7.15. The Kier molecular flexibility index (Phi) is 6.41. The number of hydrogen-bond donors (Lipinski definition) is 1. The molecule has 0 aliphatic heterocycles. The summed E-state index contributed by atoms with van der Waals surface area (Å²) in [6.07, 6.45) is -4.45. The standard InChI is InChI=1S/C17H18F3NO3/c1-16(2,3)24-15(23)21-9-5-4-6-12-10-14(17(18,19)20)8-7-13(12)11-22/h7-8,10-11H,5,9H2,1-3H3,(H,21,23). The molecule has 130 valence electrons. The predicted molar refractivity (Wildman–Crippen MR) is 82.6 cm³/mol. The van der Waals surface area contributed by atoms with Crippen LogP contribution in [0.5, 0.6) is 0 Å². The van der Waals surface area contributed by atoms with Crippen molar-refractivity contribution in [2.24, 2.45) is 0 Å². The number of amides is 1. The summed E-state index contributed by atoms with van der Waals surface area (Å²) in [5, 5.41) is 2.48. The zero-order valence-corrected chi connectivity index (χ0v) is 13.6. The van der Waals surface area contributed by atoms with Crippen molar-refractivity contribution >= 4 is 12.4 Å². The highest BCUT2D eigenvalue weighted by molar-refractivity contribution is 5.79. The monoisotopic (exact) mass is 341 g/mol. The van der Waals surface area contributed by atoms with Gasteiger partial charge in [0.2, 0.25) is 0 Å². The molecule has 0 fully saturated rings. The van der Waals surface area contributed by atoms with Crippen molar-refractivity contribution < 1.29 is 27.5 Å². The Morgan fingerprint density at radius 3 is 2.50 bits per heavy atom. The number of benzene rings is 1. The van der Waals surface area contributed by atoms with Crippen LogP contribution < -0.4 is 5.32 Å². The van der Waals surface area contributed by atoms with Crippen LogP contribution >= 0.6 is 0 Å². The van der Waals surface area contributed by atoms with Crippen molar-refractivity contribution in [2.45, 2.75) is 39.0 Å². The number of carbonyl (C=O) groups excluding carboxylic acids is 2. The zero-order valence-electron chi connectivity index (χ0n) is 13.6. The molecule has 1 rings (SSSR count). The van der Waals surface area contributed by atoms with E-state index in [0.29, 0.717) is 6.29 Å². The van der Waals surface area contributed by atoms with E-state index in [4.69, 9.17) is 4.74 Å². The maximum atomic E-state index is 12.7. The Balaban J connectivity index is 2.69. The van der Waals surface area contributed by atoms with Gasteiger partial charge < -0.3 is 10.1 Å². The van der Waals surface area contributed by atoms with E-state index in [1.807, 2.05) is 0 Å². The third-order valence-electron chi connectivity index (χ3n) is 2.65. The maximum absolute atomic E-state index is 12.7. The summed E-state index contributed by atoms with van der Waals surface area (Å²) < 4.78 is 43.0. The summed E-state index contributed by atoms with van der Waals surface area (Å²) in [5.41, 5.74) is -1.41. The van der Waals surface area contributed by atoms with Gasteiger partial charge in [0, 0.05) is 24.1 Å². The molecule has 24 heavy (non-hydrogen) atoms. The summed E-state index contributed by atoms with van der Waals surface area (Å²) >= 11 is 0. The molecular formula is C17H18F3NO3. The first-order chi connectivity index (χ1) is 11.0. The van der Waals surface area contributed by atoms with Gasteiger partial charge in [-0.2, -0.15) is 13.2 Å². The largest absolute Gasteiger partial charge is 0.444 e. The normalized spacial score (nSPS) is 11.2. The van der Waals surface area contributed by atoms with Crippen LogP contribution in [0.1, 0.15) is 48.7 Å². The van der Waals surface area contributed by atoms with E-state index in [2.05, 4.69) is 17.2 Å². The molecule has 0 bridgehead atoms. The lowest BCUT2D eigenvalue weighted by molar-refractivity contribution is -0.137. The summed E-state index contributed by atoms with van der Waals surface area (Å²) in [7, 11) is 0.